The van der Waals surface area contributed by atoms with E-state index in [1.54, 1.807) is 0 Å². The number of hydrogen-bond acceptors (Lipinski definition) is 9. The van der Waals surface area contributed by atoms with Crippen molar-refractivity contribution in [3.63, 3.8) is 0 Å². The molecule has 9 nitrogen and oxygen atoms in total. The fraction of sp³-hybridized carbons (Fsp3) is 0.429. The van der Waals surface area contributed by atoms with E-state index in [1.807, 2.05) is 79.7 Å². The van der Waals surface area contributed by atoms with Crippen LogP contribution in [0.1, 0.15) is 71.6 Å². The maximum absolute atomic E-state index is 11.1. The van der Waals surface area contributed by atoms with Crippen molar-refractivity contribution in [1.82, 2.24) is 0 Å². The third kappa shape index (κ3) is 13.2. The van der Waals surface area contributed by atoms with Crippen LogP contribution in [0.3, 0.4) is 0 Å². The van der Waals surface area contributed by atoms with Crippen molar-refractivity contribution >= 4 is 34.4 Å². The number of rotatable bonds is 20. The largest absolute Gasteiger partial charge is 0.494 e. The van der Waals surface area contributed by atoms with Crippen LogP contribution in [0.5, 0.6) is 5.75 Å². The Hall–Kier alpha value is -4.58. The Balaban J connectivity index is 1.33. The summed E-state index contributed by atoms with van der Waals surface area (Å²) in [4.78, 5) is 13.3. The zero-order chi connectivity index (χ0) is 31.2. The summed E-state index contributed by atoms with van der Waals surface area (Å²) in [6.07, 6.45) is 8.75. The summed E-state index contributed by atoms with van der Waals surface area (Å²) in [6.45, 7) is 6.69. The van der Waals surface area contributed by atoms with Gasteiger partial charge < -0.3 is 14.4 Å². The number of nitriles is 1. The first-order valence-electron chi connectivity index (χ1n) is 15.6. The average Bonchev–Trinajstić information content (AvgIpc) is 3.07. The van der Waals surface area contributed by atoms with Crippen LogP contribution in [0.2, 0.25) is 0 Å². The number of nitrogens with zero attached hydrogens (tertiary/aromatic N) is 6. The summed E-state index contributed by atoms with van der Waals surface area (Å²) in [5, 5.41) is 26.1. The molecule has 0 aliphatic carbocycles. The lowest BCUT2D eigenvalue weighted by Crippen LogP contribution is -2.23. The van der Waals surface area contributed by atoms with Gasteiger partial charge in [0.1, 0.15) is 5.75 Å². The Morgan fingerprint density at radius 1 is 0.682 bits per heavy atom. The van der Waals surface area contributed by atoms with E-state index >= 15 is 0 Å². The van der Waals surface area contributed by atoms with Gasteiger partial charge in [-0.25, -0.2) is 0 Å². The first-order valence-corrected chi connectivity index (χ1v) is 15.6. The molecule has 0 heterocycles. The fourth-order valence-electron chi connectivity index (χ4n) is 4.38. The molecule has 0 saturated carbocycles. The molecule has 0 aliphatic rings. The molecule has 3 aromatic carbocycles. The van der Waals surface area contributed by atoms with E-state index in [0.29, 0.717) is 32.6 Å². The first-order chi connectivity index (χ1) is 21.6. The second kappa shape index (κ2) is 20.3. The van der Waals surface area contributed by atoms with Crippen LogP contribution in [0.25, 0.3) is 0 Å². The number of benzene rings is 3. The number of carbonyl (C=O) groups excluding carboxylic acids is 1. The highest BCUT2D eigenvalue weighted by Gasteiger charge is 2.04. The molecule has 44 heavy (non-hydrogen) atoms. The van der Waals surface area contributed by atoms with Gasteiger partial charge in [0.25, 0.3) is 0 Å². The maximum atomic E-state index is 11.1. The quantitative estimate of drug-likeness (QED) is 0.0731. The molecule has 0 amide bonds. The summed E-state index contributed by atoms with van der Waals surface area (Å²) < 4.78 is 11.0. The topological polar surface area (TPSA) is 112 Å². The van der Waals surface area contributed by atoms with Crippen LogP contribution in [0.15, 0.2) is 93.3 Å². The second-order valence-electron chi connectivity index (χ2n) is 10.3. The SMILES string of the molecule is CCC(=O)OCCCCCCCCCOc1ccc(N=Nc2ccc(N=Nc3ccc(N(CC)CCC#N)cc3)cc2)cc1. The van der Waals surface area contributed by atoms with Crippen LogP contribution in [-0.4, -0.2) is 32.3 Å². The highest BCUT2D eigenvalue weighted by molar-refractivity contribution is 5.68. The Bertz CT molecular complexity index is 1330. The van der Waals surface area contributed by atoms with Crippen LogP contribution < -0.4 is 9.64 Å². The predicted octanol–water partition coefficient (Wildman–Crippen LogP) is 10.3. The summed E-state index contributed by atoms with van der Waals surface area (Å²) in [5.74, 6) is 0.718. The lowest BCUT2D eigenvalue weighted by molar-refractivity contribution is -0.143. The molecule has 0 aliphatic heterocycles. The van der Waals surface area contributed by atoms with Gasteiger partial charge in [0, 0.05) is 25.2 Å². The molecule has 0 N–H and O–H groups in total. The monoisotopic (exact) mass is 596 g/mol. The van der Waals surface area contributed by atoms with Crippen molar-refractivity contribution in [3.8, 4) is 11.8 Å². The van der Waals surface area contributed by atoms with Gasteiger partial charge in [0.2, 0.25) is 0 Å². The molecule has 0 unspecified atom stereocenters. The van der Waals surface area contributed by atoms with Gasteiger partial charge >= 0.3 is 5.97 Å². The third-order valence-corrected chi connectivity index (χ3v) is 6.95. The molecule has 0 bridgehead atoms. The van der Waals surface area contributed by atoms with Gasteiger partial charge in [-0.15, -0.1) is 0 Å². The van der Waals surface area contributed by atoms with Crippen molar-refractivity contribution in [3.05, 3.63) is 72.8 Å². The lowest BCUT2D eigenvalue weighted by atomic mass is 10.1. The first kappa shape index (κ1) is 33.9. The number of esters is 1. The van der Waals surface area contributed by atoms with Gasteiger partial charge in [-0.2, -0.15) is 25.7 Å². The minimum Gasteiger partial charge on any atom is -0.494 e. The number of carbonyl (C=O) groups is 1. The highest BCUT2D eigenvalue weighted by atomic mass is 16.5. The van der Waals surface area contributed by atoms with Crippen molar-refractivity contribution in [2.75, 3.05) is 31.2 Å². The summed E-state index contributed by atoms with van der Waals surface area (Å²) in [7, 11) is 0. The molecule has 0 atom stereocenters. The molecule has 0 spiro atoms. The standard InChI is InChI=1S/C35H44N6O3/c1-3-35(42)44-28-11-9-7-5-6-8-10-27-43-34-23-19-32(20-24-34)40-38-30-15-13-29(14-16-30)37-39-31-17-21-33(22-18-31)41(4-2)26-12-25-36/h13-24H,3-12,26-28H2,1-2H3. The second-order valence-corrected chi connectivity index (χ2v) is 10.3. The van der Waals surface area contributed by atoms with E-state index in [9.17, 15) is 4.79 Å². The number of azo groups is 2. The fourth-order valence-corrected chi connectivity index (χ4v) is 4.38. The van der Waals surface area contributed by atoms with E-state index < -0.39 is 0 Å². The van der Waals surface area contributed by atoms with Gasteiger partial charge in [0.15, 0.2) is 0 Å². The molecular weight excluding hydrogens is 552 g/mol. The lowest BCUT2D eigenvalue weighted by Gasteiger charge is -2.21. The molecule has 0 radical (unpaired) electrons. The molecule has 3 aromatic rings. The van der Waals surface area contributed by atoms with Gasteiger partial charge in [-0.3, -0.25) is 4.79 Å². The van der Waals surface area contributed by atoms with Gasteiger partial charge in [-0.05, 0) is 92.6 Å². The molecule has 232 valence electrons. The van der Waals surface area contributed by atoms with E-state index in [2.05, 4.69) is 38.3 Å². The number of unbranched alkanes of at least 4 members (excludes halogenated alkanes) is 6. The number of anilines is 1. The highest BCUT2D eigenvalue weighted by Crippen LogP contribution is 2.26. The van der Waals surface area contributed by atoms with Crippen LogP contribution in [0, 0.1) is 11.3 Å². The smallest absolute Gasteiger partial charge is 0.305 e. The molecular formula is C35H44N6O3. The Labute approximate surface area is 261 Å². The van der Waals surface area contributed by atoms with Crippen molar-refractivity contribution in [1.29, 1.82) is 5.26 Å². The summed E-state index contributed by atoms with van der Waals surface area (Å²) in [5.41, 5.74) is 4.04. The minimum atomic E-state index is -0.112. The zero-order valence-electron chi connectivity index (χ0n) is 26.0. The van der Waals surface area contributed by atoms with Crippen LogP contribution in [-0.2, 0) is 9.53 Å². The van der Waals surface area contributed by atoms with Crippen molar-refractivity contribution < 1.29 is 14.3 Å². The Kier molecular flexibility index (Phi) is 15.7. The summed E-state index contributed by atoms with van der Waals surface area (Å²) in [6, 6.07) is 25.1. The van der Waals surface area contributed by atoms with Crippen LogP contribution in [0.4, 0.5) is 28.4 Å². The van der Waals surface area contributed by atoms with Crippen molar-refractivity contribution in [2.45, 2.75) is 71.6 Å². The third-order valence-electron chi connectivity index (χ3n) is 6.95. The zero-order valence-corrected chi connectivity index (χ0v) is 26.0. The molecule has 3 rings (SSSR count). The van der Waals surface area contributed by atoms with Gasteiger partial charge in [-0.1, -0.05) is 39.0 Å². The molecule has 0 aromatic heterocycles. The average molecular weight is 597 g/mol. The molecule has 0 saturated heterocycles. The van der Waals surface area contributed by atoms with E-state index in [1.165, 1.54) is 19.3 Å². The summed E-state index contributed by atoms with van der Waals surface area (Å²) >= 11 is 0. The van der Waals surface area contributed by atoms with E-state index in [-0.39, 0.29) is 5.97 Å². The predicted molar refractivity (Wildman–Crippen MR) is 175 cm³/mol. The molecule has 0 fully saturated rings. The van der Waals surface area contributed by atoms with Gasteiger partial charge in [0.05, 0.1) is 48.5 Å². The van der Waals surface area contributed by atoms with E-state index in [4.69, 9.17) is 14.7 Å². The number of hydrogen-bond donors (Lipinski definition) is 0. The van der Waals surface area contributed by atoms with E-state index in [0.717, 1.165) is 66.4 Å². The maximum Gasteiger partial charge on any atom is 0.305 e. The van der Waals surface area contributed by atoms with Crippen molar-refractivity contribution in [2.24, 2.45) is 20.5 Å². The minimum absolute atomic E-state index is 0.112. The van der Waals surface area contributed by atoms with Crippen LogP contribution >= 0.6 is 0 Å². The number of ether oxygens (including phenoxy) is 2. The Morgan fingerprint density at radius 2 is 1.14 bits per heavy atom. The molecule has 9 heteroatoms. The normalized spacial score (nSPS) is 11.1. The Morgan fingerprint density at radius 3 is 1.61 bits per heavy atom.